The predicted molar refractivity (Wildman–Crippen MR) is 123 cm³/mol. The molecule has 0 unspecified atom stereocenters. The van der Waals surface area contributed by atoms with E-state index in [0.717, 1.165) is 5.56 Å². The molecule has 0 aliphatic rings. The van der Waals surface area contributed by atoms with Crippen molar-refractivity contribution < 1.29 is 33.0 Å². The van der Waals surface area contributed by atoms with E-state index in [0.29, 0.717) is 0 Å². The Morgan fingerprint density at radius 1 is 1.03 bits per heavy atom. The van der Waals surface area contributed by atoms with E-state index in [1.54, 1.807) is 26.0 Å². The molecule has 1 aromatic carbocycles. The zero-order valence-electron chi connectivity index (χ0n) is 20.2. The number of carbonyl (C=O) groups excluding carboxylic acids is 3. The minimum absolute atomic E-state index is 0.00758. The first-order valence-electron chi connectivity index (χ1n) is 10.5. The number of rotatable bonds is 9. The first-order chi connectivity index (χ1) is 14.8. The zero-order valence-corrected chi connectivity index (χ0v) is 21.2. The number of methoxy groups -OCH3 is 1. The van der Waals surface area contributed by atoms with Gasteiger partial charge in [-0.25, -0.2) is 14.4 Å². The van der Waals surface area contributed by atoms with Crippen LogP contribution in [0.25, 0.3) is 0 Å². The third-order valence-electron chi connectivity index (χ3n) is 5.28. The molecule has 1 N–H and O–H groups in total. The van der Waals surface area contributed by atoms with Gasteiger partial charge in [-0.1, -0.05) is 51.1 Å². The molecule has 32 heavy (non-hydrogen) atoms. The number of nitrogens with one attached hydrogen (secondary N) is 1. The van der Waals surface area contributed by atoms with Gasteiger partial charge >= 0.3 is 18.0 Å². The van der Waals surface area contributed by atoms with Gasteiger partial charge in [0.15, 0.2) is 8.32 Å². The van der Waals surface area contributed by atoms with E-state index in [1.165, 1.54) is 7.11 Å². The fourth-order valence-electron chi connectivity index (χ4n) is 2.55. The van der Waals surface area contributed by atoms with Crippen LogP contribution in [0.3, 0.4) is 0 Å². The lowest BCUT2D eigenvalue weighted by Gasteiger charge is -2.38. The first kappa shape index (κ1) is 27.4. The first-order valence-corrected chi connectivity index (χ1v) is 13.4. The lowest BCUT2D eigenvalue weighted by atomic mass is 10.1. The summed E-state index contributed by atoms with van der Waals surface area (Å²) in [6.45, 7) is 13.5. The Bertz CT molecular complexity index is 828. The molecule has 1 amide bonds. The minimum atomic E-state index is -2.33. The molecule has 0 aliphatic heterocycles. The standard InChI is InChI=1S/C23H35NO7Si/c1-9-29-21(26)19(24-22(27)30-15-17-13-11-10-12-14-17)18(20(25)28-6)16(2)31-32(7,8)23(3,4)5/h10-14,16H,9,15H2,1-8H3,(H,24,27)/b19-18-/t16-/m1/s1. The van der Waals surface area contributed by atoms with E-state index in [4.69, 9.17) is 18.6 Å². The highest BCUT2D eigenvalue weighted by Gasteiger charge is 2.41. The predicted octanol–water partition coefficient (Wildman–Crippen LogP) is 4.31. The van der Waals surface area contributed by atoms with Gasteiger partial charge in [0.2, 0.25) is 0 Å². The Hall–Kier alpha value is -2.65. The Balaban J connectivity index is 3.27. The van der Waals surface area contributed by atoms with Gasteiger partial charge in [0.05, 0.1) is 25.4 Å². The van der Waals surface area contributed by atoms with Crippen LogP contribution in [-0.4, -0.2) is 46.2 Å². The van der Waals surface area contributed by atoms with Crippen LogP contribution >= 0.6 is 0 Å². The Labute approximate surface area is 191 Å². The molecule has 8 nitrogen and oxygen atoms in total. The highest BCUT2D eigenvalue weighted by Crippen LogP contribution is 2.38. The number of amides is 1. The number of hydrogen-bond acceptors (Lipinski definition) is 7. The van der Waals surface area contributed by atoms with E-state index in [1.807, 2.05) is 31.3 Å². The molecule has 0 saturated carbocycles. The molecule has 0 radical (unpaired) electrons. The van der Waals surface area contributed by atoms with Crippen molar-refractivity contribution >= 4 is 26.3 Å². The van der Waals surface area contributed by atoms with Crippen molar-refractivity contribution in [2.75, 3.05) is 13.7 Å². The van der Waals surface area contributed by atoms with Crippen molar-refractivity contribution in [2.45, 2.75) is 65.5 Å². The normalized spacial score (nSPS) is 13.5. The van der Waals surface area contributed by atoms with Crippen LogP contribution in [0.4, 0.5) is 4.79 Å². The van der Waals surface area contributed by atoms with Gasteiger partial charge in [0.25, 0.3) is 0 Å². The zero-order chi connectivity index (χ0) is 24.5. The monoisotopic (exact) mass is 465 g/mol. The minimum Gasteiger partial charge on any atom is -0.466 e. The summed E-state index contributed by atoms with van der Waals surface area (Å²) in [5.41, 5.74) is 0.280. The number of hydrogen-bond donors (Lipinski definition) is 1. The van der Waals surface area contributed by atoms with Gasteiger partial charge in [0.1, 0.15) is 12.3 Å². The molecule has 1 atom stereocenters. The van der Waals surface area contributed by atoms with Crippen molar-refractivity contribution in [1.29, 1.82) is 0 Å². The van der Waals surface area contributed by atoms with E-state index >= 15 is 0 Å². The van der Waals surface area contributed by atoms with Crippen LogP contribution in [0, 0.1) is 0 Å². The number of alkyl carbamates (subject to hydrolysis) is 1. The van der Waals surface area contributed by atoms with Gasteiger partial charge in [-0.3, -0.25) is 5.32 Å². The number of esters is 2. The van der Waals surface area contributed by atoms with Crippen molar-refractivity contribution in [1.82, 2.24) is 5.32 Å². The molecular weight excluding hydrogens is 430 g/mol. The van der Waals surface area contributed by atoms with Crippen molar-refractivity contribution in [3.8, 4) is 0 Å². The topological polar surface area (TPSA) is 100 Å². The van der Waals surface area contributed by atoms with Gasteiger partial charge in [-0.2, -0.15) is 0 Å². The second-order valence-corrected chi connectivity index (χ2v) is 13.5. The SMILES string of the molecule is CCOC(=O)/C(NC(=O)OCc1ccccc1)=C(/C(=O)OC)[C@@H](C)O[Si](C)(C)C(C)(C)C. The number of benzene rings is 1. The molecule has 0 fully saturated rings. The summed E-state index contributed by atoms with van der Waals surface area (Å²) in [6, 6.07) is 9.07. The fraction of sp³-hybridized carbons (Fsp3) is 0.522. The van der Waals surface area contributed by atoms with Gasteiger partial charge < -0.3 is 18.6 Å². The molecule has 1 aromatic rings. The van der Waals surface area contributed by atoms with E-state index in [9.17, 15) is 14.4 Å². The van der Waals surface area contributed by atoms with Crippen LogP contribution < -0.4 is 5.32 Å². The van der Waals surface area contributed by atoms with Crippen LogP contribution in [0.15, 0.2) is 41.6 Å². The largest absolute Gasteiger partial charge is 0.466 e. The number of ether oxygens (including phenoxy) is 3. The molecule has 0 aliphatic carbocycles. The van der Waals surface area contributed by atoms with Gasteiger partial charge in [-0.05, 0) is 37.5 Å². The quantitative estimate of drug-likeness (QED) is 0.251. The highest BCUT2D eigenvalue weighted by molar-refractivity contribution is 6.74. The molecule has 0 aromatic heterocycles. The average molecular weight is 466 g/mol. The lowest BCUT2D eigenvalue weighted by Crippen LogP contribution is -2.45. The molecule has 0 saturated heterocycles. The van der Waals surface area contributed by atoms with Crippen LogP contribution in [0.5, 0.6) is 0 Å². The van der Waals surface area contributed by atoms with Crippen LogP contribution in [0.1, 0.15) is 40.2 Å². The summed E-state index contributed by atoms with van der Waals surface area (Å²) >= 11 is 0. The molecule has 0 heterocycles. The van der Waals surface area contributed by atoms with Crippen molar-refractivity contribution in [3.05, 3.63) is 47.2 Å². The molecule has 9 heteroatoms. The maximum absolute atomic E-state index is 12.7. The Kier molecular flexibility index (Phi) is 10.1. The third-order valence-corrected chi connectivity index (χ3v) is 9.83. The second kappa shape index (κ2) is 11.8. The Morgan fingerprint density at radius 3 is 2.12 bits per heavy atom. The molecular formula is C23H35NO7Si. The van der Waals surface area contributed by atoms with E-state index in [2.05, 4.69) is 26.1 Å². The highest BCUT2D eigenvalue weighted by atomic mass is 28.4. The second-order valence-electron chi connectivity index (χ2n) is 8.71. The molecule has 178 valence electrons. The summed E-state index contributed by atoms with van der Waals surface area (Å²) in [7, 11) is -1.13. The summed E-state index contributed by atoms with van der Waals surface area (Å²) in [6.07, 6.45) is -1.74. The van der Waals surface area contributed by atoms with E-state index < -0.39 is 32.5 Å². The van der Waals surface area contributed by atoms with Crippen LogP contribution in [0.2, 0.25) is 18.1 Å². The number of carbonyl (C=O) groups is 3. The Morgan fingerprint density at radius 2 is 1.62 bits per heavy atom. The van der Waals surface area contributed by atoms with Crippen molar-refractivity contribution in [2.24, 2.45) is 0 Å². The smallest absolute Gasteiger partial charge is 0.412 e. The lowest BCUT2D eigenvalue weighted by molar-refractivity contribution is -0.141. The van der Waals surface area contributed by atoms with Gasteiger partial charge in [-0.15, -0.1) is 0 Å². The summed E-state index contributed by atoms with van der Waals surface area (Å²) in [5.74, 6) is -1.68. The third kappa shape index (κ3) is 7.80. The summed E-state index contributed by atoms with van der Waals surface area (Å²) in [4.78, 5) is 37.8. The van der Waals surface area contributed by atoms with Crippen molar-refractivity contribution in [3.63, 3.8) is 0 Å². The fourth-order valence-corrected chi connectivity index (χ4v) is 3.91. The maximum atomic E-state index is 12.7. The molecule has 0 bridgehead atoms. The summed E-state index contributed by atoms with van der Waals surface area (Å²) in [5, 5.41) is 2.23. The van der Waals surface area contributed by atoms with Gasteiger partial charge in [0, 0.05) is 0 Å². The summed E-state index contributed by atoms with van der Waals surface area (Å²) < 4.78 is 21.5. The van der Waals surface area contributed by atoms with E-state index in [-0.39, 0.29) is 29.5 Å². The maximum Gasteiger partial charge on any atom is 0.412 e. The van der Waals surface area contributed by atoms with Crippen LogP contribution in [-0.2, 0) is 34.8 Å². The molecule has 0 spiro atoms. The average Bonchev–Trinajstić information content (AvgIpc) is 2.71. The molecule has 1 rings (SSSR count).